The third-order valence-electron chi connectivity index (χ3n) is 3.85. The molecule has 0 amide bonds. The van der Waals surface area contributed by atoms with Crippen molar-refractivity contribution in [2.75, 3.05) is 39.3 Å². The van der Waals surface area contributed by atoms with Gasteiger partial charge in [-0.3, -0.25) is 19.6 Å². The SMILES string of the molecule is CC(=O)C1C[N-]CCN=C(C)C(C(C)=O)C[N-]CCN=C1C.[Ni+2]. The Hall–Kier alpha value is -0.906. The van der Waals surface area contributed by atoms with E-state index in [0.717, 1.165) is 11.4 Å². The Labute approximate surface area is 148 Å². The number of ketones is 2. The molecule has 0 aliphatic carbocycles. The van der Waals surface area contributed by atoms with Gasteiger partial charge in [-0.1, -0.05) is 0 Å². The molecular formula is C16H26N4NiO2. The molecule has 7 heteroatoms. The van der Waals surface area contributed by atoms with Gasteiger partial charge < -0.3 is 10.6 Å². The summed E-state index contributed by atoms with van der Waals surface area (Å²) in [6, 6.07) is 0. The van der Waals surface area contributed by atoms with Gasteiger partial charge in [0, 0.05) is 36.3 Å². The Bertz CT molecular complexity index is 421. The first-order chi connectivity index (χ1) is 10.4. The van der Waals surface area contributed by atoms with Crippen LogP contribution in [0.2, 0.25) is 0 Å². The Balaban J connectivity index is 0.00000484. The fraction of sp³-hybridized carbons (Fsp3) is 0.750. The van der Waals surface area contributed by atoms with Crippen LogP contribution in [0.5, 0.6) is 0 Å². The van der Waals surface area contributed by atoms with E-state index in [1.54, 1.807) is 13.8 Å². The number of Topliss-reactive ketones (excluding diaryl/α,β-unsaturated/α-hetero) is 2. The first-order valence-corrected chi connectivity index (χ1v) is 7.72. The number of hydrogen-bond acceptors (Lipinski definition) is 4. The Morgan fingerprint density at radius 1 is 0.870 bits per heavy atom. The molecule has 0 saturated heterocycles. The number of carbonyl (C=O) groups excluding carboxylic acids is 2. The monoisotopic (exact) mass is 364 g/mol. The third kappa shape index (κ3) is 7.95. The molecular weight excluding hydrogens is 339 g/mol. The van der Waals surface area contributed by atoms with E-state index in [1.807, 2.05) is 13.8 Å². The zero-order chi connectivity index (χ0) is 16.5. The van der Waals surface area contributed by atoms with Crippen LogP contribution in [0.25, 0.3) is 10.6 Å². The van der Waals surface area contributed by atoms with Crippen LogP contribution >= 0.6 is 0 Å². The summed E-state index contributed by atoms with van der Waals surface area (Å²) in [4.78, 5) is 32.2. The predicted molar refractivity (Wildman–Crippen MR) is 90.5 cm³/mol. The van der Waals surface area contributed by atoms with E-state index in [4.69, 9.17) is 0 Å². The molecule has 132 valence electrons. The average Bonchev–Trinajstić information content (AvgIpc) is 2.44. The predicted octanol–water partition coefficient (Wildman–Crippen LogP) is 2.08. The molecule has 1 aliphatic heterocycles. The average molecular weight is 365 g/mol. The zero-order valence-electron chi connectivity index (χ0n) is 14.3. The number of carbonyl (C=O) groups is 2. The van der Waals surface area contributed by atoms with Crippen molar-refractivity contribution < 1.29 is 26.1 Å². The summed E-state index contributed by atoms with van der Waals surface area (Å²) in [5.74, 6) is -0.299. The quantitative estimate of drug-likeness (QED) is 0.702. The first-order valence-electron chi connectivity index (χ1n) is 7.72. The van der Waals surface area contributed by atoms with Crippen LogP contribution in [0.1, 0.15) is 27.7 Å². The Kier molecular flexibility index (Phi) is 11.1. The van der Waals surface area contributed by atoms with Crippen molar-refractivity contribution in [1.29, 1.82) is 0 Å². The number of aliphatic imine (C=N–C) groups is 2. The van der Waals surface area contributed by atoms with Gasteiger partial charge in [0.15, 0.2) is 0 Å². The molecule has 2 unspecified atom stereocenters. The topological polar surface area (TPSA) is 87.1 Å². The van der Waals surface area contributed by atoms with Gasteiger partial charge in [-0.05, 0) is 27.7 Å². The maximum absolute atomic E-state index is 11.7. The molecule has 23 heavy (non-hydrogen) atoms. The maximum atomic E-state index is 11.7. The molecule has 0 aromatic carbocycles. The summed E-state index contributed by atoms with van der Waals surface area (Å²) >= 11 is 0. The van der Waals surface area contributed by atoms with Crippen LogP contribution in [0.15, 0.2) is 9.98 Å². The van der Waals surface area contributed by atoms with Gasteiger partial charge in [0.2, 0.25) is 0 Å². The van der Waals surface area contributed by atoms with Crippen LogP contribution in [0, 0.1) is 11.8 Å². The van der Waals surface area contributed by atoms with Gasteiger partial charge in [-0.2, -0.15) is 0 Å². The normalized spacial score (nSPS) is 24.5. The van der Waals surface area contributed by atoms with E-state index in [-0.39, 0.29) is 39.9 Å². The molecule has 1 rings (SSSR count). The minimum Gasteiger partial charge on any atom is -0.660 e. The van der Waals surface area contributed by atoms with Gasteiger partial charge in [-0.25, -0.2) is 0 Å². The van der Waals surface area contributed by atoms with Crippen LogP contribution in [0.3, 0.4) is 0 Å². The van der Waals surface area contributed by atoms with Crippen molar-refractivity contribution in [3.63, 3.8) is 0 Å². The van der Waals surface area contributed by atoms with E-state index >= 15 is 0 Å². The Morgan fingerprint density at radius 2 is 1.22 bits per heavy atom. The minimum absolute atomic E-state index is 0. The van der Waals surface area contributed by atoms with Crippen LogP contribution in [-0.4, -0.2) is 62.3 Å². The fourth-order valence-electron chi connectivity index (χ4n) is 2.36. The largest absolute Gasteiger partial charge is 2.00 e. The van der Waals surface area contributed by atoms with Crippen molar-refractivity contribution >= 4 is 23.0 Å². The van der Waals surface area contributed by atoms with E-state index in [1.165, 1.54) is 0 Å². The third-order valence-corrected chi connectivity index (χ3v) is 3.85. The molecule has 1 heterocycles. The maximum Gasteiger partial charge on any atom is 2.00 e. The van der Waals surface area contributed by atoms with Crippen LogP contribution in [0.4, 0.5) is 0 Å². The molecule has 0 saturated carbocycles. The molecule has 0 radical (unpaired) electrons. The van der Waals surface area contributed by atoms with Crippen molar-refractivity contribution in [2.24, 2.45) is 21.8 Å². The summed E-state index contributed by atoms with van der Waals surface area (Å²) in [5.41, 5.74) is 1.62. The standard InChI is InChI=1S/C16H26N4O2.Ni/c1-11-15(13(3)21)9-17-6-8-20-12(2)16(14(4)22)10-18-5-7-19-11;/h15-16H,5-10H2,1-4H3;/q-2;+2. The summed E-state index contributed by atoms with van der Waals surface area (Å²) in [6.07, 6.45) is 0. The second-order valence-corrected chi connectivity index (χ2v) is 5.63. The second-order valence-electron chi connectivity index (χ2n) is 5.63. The van der Waals surface area contributed by atoms with Crippen molar-refractivity contribution in [3.05, 3.63) is 10.6 Å². The molecule has 0 fully saturated rings. The molecule has 6 nitrogen and oxygen atoms in total. The summed E-state index contributed by atoms with van der Waals surface area (Å²) in [7, 11) is 0. The van der Waals surface area contributed by atoms with Crippen molar-refractivity contribution in [3.8, 4) is 0 Å². The number of nitrogens with zero attached hydrogens (tertiary/aromatic N) is 4. The van der Waals surface area contributed by atoms with Crippen LogP contribution < -0.4 is 0 Å². The van der Waals surface area contributed by atoms with Crippen molar-refractivity contribution in [1.82, 2.24) is 0 Å². The number of rotatable bonds is 2. The first kappa shape index (κ1) is 22.1. The molecule has 0 bridgehead atoms. The van der Waals surface area contributed by atoms with E-state index in [9.17, 15) is 9.59 Å². The molecule has 1 aliphatic rings. The summed E-state index contributed by atoms with van der Waals surface area (Å²) < 4.78 is 0. The van der Waals surface area contributed by atoms with E-state index in [0.29, 0.717) is 39.3 Å². The Morgan fingerprint density at radius 3 is 1.52 bits per heavy atom. The molecule has 0 aromatic heterocycles. The molecule has 0 spiro atoms. The second kappa shape index (κ2) is 11.6. The fourth-order valence-corrected chi connectivity index (χ4v) is 2.36. The summed E-state index contributed by atoms with van der Waals surface area (Å²) in [6.45, 7) is 9.97. The zero-order valence-corrected chi connectivity index (χ0v) is 15.3. The summed E-state index contributed by atoms with van der Waals surface area (Å²) in [5, 5.41) is 8.80. The molecule has 0 N–H and O–H groups in total. The van der Waals surface area contributed by atoms with Gasteiger partial charge in [0.05, 0.1) is 0 Å². The van der Waals surface area contributed by atoms with Crippen LogP contribution in [-0.2, 0) is 26.1 Å². The molecule has 0 aromatic rings. The van der Waals surface area contributed by atoms with Gasteiger partial charge in [0.25, 0.3) is 0 Å². The van der Waals surface area contributed by atoms with Gasteiger partial charge in [0.1, 0.15) is 11.6 Å². The smallest absolute Gasteiger partial charge is 0.660 e. The minimum atomic E-state index is -0.238. The van der Waals surface area contributed by atoms with E-state index in [2.05, 4.69) is 20.6 Å². The van der Waals surface area contributed by atoms with Gasteiger partial charge in [-0.15, -0.1) is 26.2 Å². The van der Waals surface area contributed by atoms with Gasteiger partial charge >= 0.3 is 16.5 Å². The van der Waals surface area contributed by atoms with E-state index < -0.39 is 0 Å². The molecule has 2 atom stereocenters. The van der Waals surface area contributed by atoms with Crippen molar-refractivity contribution in [2.45, 2.75) is 27.7 Å². The number of hydrogen-bond donors (Lipinski definition) is 0.